The first-order valence-corrected chi connectivity index (χ1v) is 8.06. The Balaban J connectivity index is 1.88. The Morgan fingerprint density at radius 1 is 1.14 bits per heavy atom. The molecule has 7 nitrogen and oxygen atoms in total. The van der Waals surface area contributed by atoms with Gasteiger partial charge in [-0.15, -0.1) is 0 Å². The summed E-state index contributed by atoms with van der Waals surface area (Å²) >= 11 is 0. The number of nitrogens with zero attached hydrogens (tertiary/aromatic N) is 3. The molecule has 1 aromatic carbocycles. The van der Waals surface area contributed by atoms with E-state index in [0.717, 1.165) is 63.7 Å². The van der Waals surface area contributed by atoms with Gasteiger partial charge in [0.1, 0.15) is 5.69 Å². The van der Waals surface area contributed by atoms with Crippen LogP contribution in [0.5, 0.6) is 0 Å². The van der Waals surface area contributed by atoms with E-state index in [0.29, 0.717) is 0 Å². The number of piperazine rings is 2. The Morgan fingerprint density at radius 3 is 2.45 bits per heavy atom. The van der Waals surface area contributed by atoms with Gasteiger partial charge in [-0.25, -0.2) is 0 Å². The number of hydrogen-bond donors (Lipinski definition) is 2. The smallest absolute Gasteiger partial charge is 0.292 e. The maximum absolute atomic E-state index is 11.4. The summed E-state index contributed by atoms with van der Waals surface area (Å²) in [5, 5.41) is 13.7. The summed E-state index contributed by atoms with van der Waals surface area (Å²) in [6.07, 6.45) is 0. The Morgan fingerprint density at radius 2 is 1.82 bits per heavy atom. The van der Waals surface area contributed by atoms with Crippen molar-refractivity contribution in [3.8, 4) is 0 Å². The van der Waals surface area contributed by atoms with Crippen molar-refractivity contribution >= 4 is 17.1 Å². The van der Waals surface area contributed by atoms with E-state index < -0.39 is 0 Å². The number of anilines is 2. The van der Waals surface area contributed by atoms with Crippen molar-refractivity contribution in [2.45, 2.75) is 0 Å². The zero-order chi connectivity index (χ0) is 15.5. The number of nitro groups is 1. The molecule has 0 atom stereocenters. The lowest BCUT2D eigenvalue weighted by Gasteiger charge is -2.33. The van der Waals surface area contributed by atoms with Crippen molar-refractivity contribution < 1.29 is 15.1 Å². The molecule has 0 saturated carbocycles. The predicted octanol–water partition coefficient (Wildman–Crippen LogP) is -1.69. The molecule has 120 valence electrons. The monoisotopic (exact) mass is 307 g/mol. The first-order chi connectivity index (χ1) is 10.6. The topological polar surface area (TPSA) is 70.7 Å². The van der Waals surface area contributed by atoms with Crippen molar-refractivity contribution in [1.82, 2.24) is 0 Å². The SMILES string of the molecule is C[NH+]1CCN(c2cc(N3CC[NH2+]CC3)ccc2[N+](=O)[O-])CC1. The minimum Gasteiger partial charge on any atom is -0.360 e. The molecule has 1 aromatic rings. The van der Waals surface area contributed by atoms with Crippen molar-refractivity contribution in [3.05, 3.63) is 28.3 Å². The van der Waals surface area contributed by atoms with Crippen LogP contribution in [0.15, 0.2) is 18.2 Å². The Hall–Kier alpha value is -1.86. The Kier molecular flexibility index (Phi) is 4.44. The van der Waals surface area contributed by atoms with E-state index in [1.807, 2.05) is 12.1 Å². The third-order valence-electron chi connectivity index (χ3n) is 4.68. The molecule has 2 aliphatic heterocycles. The number of nitro benzene ring substituents is 1. The van der Waals surface area contributed by atoms with Crippen LogP contribution in [0.1, 0.15) is 0 Å². The lowest BCUT2D eigenvalue weighted by molar-refractivity contribution is -0.880. The lowest BCUT2D eigenvalue weighted by Crippen LogP contribution is -3.12. The summed E-state index contributed by atoms with van der Waals surface area (Å²) in [6.45, 7) is 8.00. The molecular weight excluding hydrogens is 282 g/mol. The zero-order valence-corrected chi connectivity index (χ0v) is 13.1. The van der Waals surface area contributed by atoms with Crippen LogP contribution in [-0.4, -0.2) is 64.3 Å². The van der Waals surface area contributed by atoms with E-state index in [1.54, 1.807) is 6.07 Å². The number of nitrogens with one attached hydrogen (secondary N) is 1. The molecule has 0 amide bonds. The summed E-state index contributed by atoms with van der Waals surface area (Å²) in [6, 6.07) is 5.59. The number of nitrogens with two attached hydrogens (primary N) is 1. The maximum Gasteiger partial charge on any atom is 0.292 e. The van der Waals surface area contributed by atoms with E-state index in [2.05, 4.69) is 22.2 Å². The lowest BCUT2D eigenvalue weighted by atomic mass is 10.1. The molecule has 0 aliphatic carbocycles. The molecule has 0 aromatic heterocycles. The molecule has 0 unspecified atom stereocenters. The average molecular weight is 307 g/mol. The summed E-state index contributed by atoms with van der Waals surface area (Å²) in [5.41, 5.74) is 2.12. The van der Waals surface area contributed by atoms with Gasteiger partial charge in [-0.1, -0.05) is 0 Å². The van der Waals surface area contributed by atoms with Gasteiger partial charge in [-0.2, -0.15) is 0 Å². The van der Waals surface area contributed by atoms with Crippen LogP contribution in [0.4, 0.5) is 17.1 Å². The average Bonchev–Trinajstić information content (AvgIpc) is 2.56. The number of likely N-dealkylation sites (N-methyl/N-ethyl adjacent to an activating group) is 1. The van der Waals surface area contributed by atoms with Gasteiger partial charge in [0.25, 0.3) is 5.69 Å². The normalized spacial score (nSPS) is 20.2. The summed E-state index contributed by atoms with van der Waals surface area (Å²) in [4.78, 5) is 17.1. The van der Waals surface area contributed by atoms with Crippen LogP contribution in [-0.2, 0) is 0 Å². The molecular formula is C15H25N5O2+2. The fraction of sp³-hybridized carbons (Fsp3) is 0.600. The molecule has 0 bridgehead atoms. The van der Waals surface area contributed by atoms with Crippen molar-refractivity contribution in [3.63, 3.8) is 0 Å². The van der Waals surface area contributed by atoms with Crippen LogP contribution in [0.3, 0.4) is 0 Å². The fourth-order valence-corrected chi connectivity index (χ4v) is 3.25. The molecule has 3 rings (SSSR count). The fourth-order valence-electron chi connectivity index (χ4n) is 3.25. The molecule has 2 fully saturated rings. The third kappa shape index (κ3) is 3.15. The van der Waals surface area contributed by atoms with Gasteiger partial charge in [-0.05, 0) is 12.1 Å². The van der Waals surface area contributed by atoms with Crippen molar-refractivity contribution in [1.29, 1.82) is 0 Å². The van der Waals surface area contributed by atoms with Crippen molar-refractivity contribution in [2.24, 2.45) is 0 Å². The number of quaternary nitrogens is 2. The van der Waals surface area contributed by atoms with Crippen LogP contribution >= 0.6 is 0 Å². The Bertz CT molecular complexity index is 537. The first-order valence-electron chi connectivity index (χ1n) is 8.06. The minimum atomic E-state index is -0.256. The predicted molar refractivity (Wildman–Crippen MR) is 85.8 cm³/mol. The number of hydrogen-bond acceptors (Lipinski definition) is 4. The largest absolute Gasteiger partial charge is 0.360 e. The Labute approximate surface area is 130 Å². The standard InChI is InChI=1S/C15H23N5O2/c1-17-8-10-19(11-9-17)15-12-13(2-3-14(15)20(21)22)18-6-4-16-5-7-18/h2-3,12,16H,4-11H2,1H3/p+2. The maximum atomic E-state index is 11.4. The molecule has 2 saturated heterocycles. The number of rotatable bonds is 3. The quantitative estimate of drug-likeness (QED) is 0.517. The van der Waals surface area contributed by atoms with Gasteiger partial charge in [0, 0.05) is 11.8 Å². The van der Waals surface area contributed by atoms with E-state index in [4.69, 9.17) is 0 Å². The van der Waals surface area contributed by atoms with Gasteiger partial charge in [0.15, 0.2) is 0 Å². The highest BCUT2D eigenvalue weighted by Crippen LogP contribution is 2.32. The second kappa shape index (κ2) is 6.50. The molecule has 0 spiro atoms. The molecule has 2 aliphatic rings. The van der Waals surface area contributed by atoms with Gasteiger partial charge in [-0.3, -0.25) is 10.1 Å². The zero-order valence-electron chi connectivity index (χ0n) is 13.1. The third-order valence-corrected chi connectivity index (χ3v) is 4.68. The highest BCUT2D eigenvalue weighted by Gasteiger charge is 2.25. The summed E-state index contributed by atoms with van der Waals surface area (Å²) in [7, 11) is 2.17. The molecule has 3 N–H and O–H groups in total. The van der Waals surface area contributed by atoms with Crippen LogP contribution in [0.25, 0.3) is 0 Å². The molecule has 7 heteroatoms. The van der Waals surface area contributed by atoms with E-state index in [9.17, 15) is 10.1 Å². The van der Waals surface area contributed by atoms with E-state index in [-0.39, 0.29) is 10.6 Å². The highest BCUT2D eigenvalue weighted by atomic mass is 16.6. The van der Waals surface area contributed by atoms with Crippen LogP contribution in [0.2, 0.25) is 0 Å². The van der Waals surface area contributed by atoms with Gasteiger partial charge < -0.3 is 20.0 Å². The second-order valence-electron chi connectivity index (χ2n) is 6.23. The van der Waals surface area contributed by atoms with Crippen molar-refractivity contribution in [2.75, 3.05) is 69.2 Å². The molecule has 22 heavy (non-hydrogen) atoms. The number of benzene rings is 1. The molecule has 0 radical (unpaired) electrons. The van der Waals surface area contributed by atoms with Gasteiger partial charge in [0.05, 0.1) is 64.3 Å². The second-order valence-corrected chi connectivity index (χ2v) is 6.23. The first kappa shape index (κ1) is 15.1. The molecule has 2 heterocycles. The van der Waals surface area contributed by atoms with Crippen LogP contribution < -0.4 is 20.0 Å². The van der Waals surface area contributed by atoms with E-state index >= 15 is 0 Å². The van der Waals surface area contributed by atoms with Gasteiger partial charge >= 0.3 is 0 Å². The van der Waals surface area contributed by atoms with E-state index in [1.165, 1.54) is 4.90 Å². The van der Waals surface area contributed by atoms with Crippen LogP contribution in [0, 0.1) is 10.1 Å². The summed E-state index contributed by atoms with van der Waals surface area (Å²) in [5.74, 6) is 0. The highest BCUT2D eigenvalue weighted by molar-refractivity contribution is 5.70. The minimum absolute atomic E-state index is 0.229. The van der Waals surface area contributed by atoms with Gasteiger partial charge in [0.2, 0.25) is 0 Å². The summed E-state index contributed by atoms with van der Waals surface area (Å²) < 4.78 is 0.